The number of carbonyl (C=O) groups excluding carboxylic acids is 2. The average Bonchev–Trinajstić information content (AvgIpc) is 2.99. The van der Waals surface area contributed by atoms with Gasteiger partial charge in [-0.05, 0) is 24.5 Å². The summed E-state index contributed by atoms with van der Waals surface area (Å²) in [6.45, 7) is 4.80. The van der Waals surface area contributed by atoms with Crippen molar-refractivity contribution >= 4 is 28.3 Å². The van der Waals surface area contributed by atoms with Crippen LogP contribution in [-0.2, 0) is 11.2 Å². The van der Waals surface area contributed by atoms with Crippen LogP contribution in [0, 0.1) is 5.92 Å². The van der Waals surface area contributed by atoms with E-state index in [0.717, 1.165) is 5.69 Å². The molecule has 23 heavy (non-hydrogen) atoms. The van der Waals surface area contributed by atoms with E-state index in [2.05, 4.69) is 29.5 Å². The molecule has 0 spiro atoms. The number of hydrogen-bond acceptors (Lipinski definition) is 4. The van der Waals surface area contributed by atoms with E-state index in [1.807, 2.05) is 23.6 Å². The van der Waals surface area contributed by atoms with Crippen LogP contribution in [-0.4, -0.2) is 23.3 Å². The summed E-state index contributed by atoms with van der Waals surface area (Å²) in [5.41, 5.74) is 1.41. The van der Waals surface area contributed by atoms with Gasteiger partial charge in [-0.25, -0.2) is 4.98 Å². The van der Waals surface area contributed by atoms with Gasteiger partial charge in [0.1, 0.15) is 0 Å². The van der Waals surface area contributed by atoms with Crippen molar-refractivity contribution in [3.63, 3.8) is 0 Å². The highest BCUT2D eigenvalue weighted by molar-refractivity contribution is 7.14. The molecule has 0 atom stereocenters. The molecule has 1 aromatic heterocycles. The lowest BCUT2D eigenvalue weighted by molar-refractivity contribution is -0.121. The third-order valence-corrected chi connectivity index (χ3v) is 3.93. The molecule has 0 saturated heterocycles. The molecule has 2 aromatic rings. The second-order valence-corrected chi connectivity index (χ2v) is 6.52. The lowest BCUT2D eigenvalue weighted by atomic mass is 10.2. The number of anilines is 1. The number of aryl methyl sites for hydroxylation is 1. The van der Waals surface area contributed by atoms with Gasteiger partial charge in [-0.2, -0.15) is 0 Å². The van der Waals surface area contributed by atoms with Crippen molar-refractivity contribution in [2.45, 2.75) is 26.7 Å². The molecule has 0 aliphatic carbocycles. The number of hydrogen-bond donors (Lipinski definition) is 2. The van der Waals surface area contributed by atoms with E-state index >= 15 is 0 Å². The Bertz CT molecular complexity index is 653. The van der Waals surface area contributed by atoms with Gasteiger partial charge in [0.05, 0.1) is 5.69 Å². The van der Waals surface area contributed by atoms with E-state index in [1.54, 1.807) is 12.1 Å². The topological polar surface area (TPSA) is 71.1 Å². The number of aromatic nitrogens is 1. The van der Waals surface area contributed by atoms with Crippen LogP contribution >= 0.6 is 11.3 Å². The monoisotopic (exact) mass is 331 g/mol. The lowest BCUT2D eigenvalue weighted by Gasteiger charge is -2.06. The first-order valence-electron chi connectivity index (χ1n) is 7.62. The quantitative estimate of drug-likeness (QED) is 0.819. The van der Waals surface area contributed by atoms with E-state index in [1.165, 1.54) is 11.3 Å². The first-order chi connectivity index (χ1) is 11.0. The smallest absolute Gasteiger partial charge is 0.257 e. The summed E-state index contributed by atoms with van der Waals surface area (Å²) >= 11 is 1.37. The van der Waals surface area contributed by atoms with Crippen molar-refractivity contribution in [1.82, 2.24) is 10.3 Å². The number of thiazole rings is 1. The number of rotatable bonds is 7. The Morgan fingerprint density at radius 1 is 1.22 bits per heavy atom. The van der Waals surface area contributed by atoms with E-state index in [4.69, 9.17) is 0 Å². The largest absolute Gasteiger partial charge is 0.356 e. The second-order valence-electron chi connectivity index (χ2n) is 5.66. The van der Waals surface area contributed by atoms with Crippen LogP contribution in [0.5, 0.6) is 0 Å². The van der Waals surface area contributed by atoms with Crippen LogP contribution < -0.4 is 10.6 Å². The molecular formula is C17H21N3O2S. The van der Waals surface area contributed by atoms with Gasteiger partial charge >= 0.3 is 0 Å². The number of amides is 2. The van der Waals surface area contributed by atoms with Gasteiger partial charge in [0, 0.05) is 23.9 Å². The predicted molar refractivity (Wildman–Crippen MR) is 92.7 cm³/mol. The summed E-state index contributed by atoms with van der Waals surface area (Å²) in [6, 6.07) is 9.00. The summed E-state index contributed by atoms with van der Waals surface area (Å²) in [6.07, 6.45) is 0.976. The van der Waals surface area contributed by atoms with E-state index in [-0.39, 0.29) is 11.8 Å². The molecule has 0 unspecified atom stereocenters. The maximum absolute atomic E-state index is 12.0. The molecule has 1 heterocycles. The first kappa shape index (κ1) is 17.1. The van der Waals surface area contributed by atoms with Crippen LogP contribution in [0.2, 0.25) is 0 Å². The summed E-state index contributed by atoms with van der Waals surface area (Å²) in [5.74, 6) is 0.292. The Kier molecular flexibility index (Phi) is 6.29. The Morgan fingerprint density at radius 3 is 2.65 bits per heavy atom. The van der Waals surface area contributed by atoms with E-state index in [9.17, 15) is 9.59 Å². The molecule has 2 rings (SSSR count). The van der Waals surface area contributed by atoms with Crippen LogP contribution in [0.4, 0.5) is 5.13 Å². The lowest BCUT2D eigenvalue weighted by Crippen LogP contribution is -2.27. The third-order valence-electron chi connectivity index (χ3n) is 3.12. The minimum Gasteiger partial charge on any atom is -0.356 e. The molecule has 0 bridgehead atoms. The van der Waals surface area contributed by atoms with Gasteiger partial charge in [0.25, 0.3) is 5.91 Å². The molecular weight excluding hydrogens is 310 g/mol. The first-order valence-corrected chi connectivity index (χ1v) is 8.50. The van der Waals surface area contributed by atoms with Gasteiger partial charge < -0.3 is 5.32 Å². The zero-order valence-corrected chi connectivity index (χ0v) is 14.2. The zero-order chi connectivity index (χ0) is 16.7. The second kappa shape index (κ2) is 8.43. The Balaban J connectivity index is 1.81. The number of carbonyl (C=O) groups is 2. The highest BCUT2D eigenvalue weighted by Crippen LogP contribution is 2.17. The molecule has 0 saturated carbocycles. The minimum atomic E-state index is -0.179. The van der Waals surface area contributed by atoms with Gasteiger partial charge in [0.2, 0.25) is 5.91 Å². The summed E-state index contributed by atoms with van der Waals surface area (Å²) in [7, 11) is 0. The zero-order valence-electron chi connectivity index (χ0n) is 13.3. The summed E-state index contributed by atoms with van der Waals surface area (Å²) in [4.78, 5) is 28.1. The van der Waals surface area contributed by atoms with Crippen molar-refractivity contribution < 1.29 is 9.59 Å². The predicted octanol–water partition coefficient (Wildman–Crippen LogP) is 3.10. The van der Waals surface area contributed by atoms with Crippen molar-refractivity contribution in [2.24, 2.45) is 5.92 Å². The molecule has 2 N–H and O–H groups in total. The van der Waals surface area contributed by atoms with E-state index in [0.29, 0.717) is 36.0 Å². The molecule has 6 heteroatoms. The molecule has 0 radical (unpaired) electrons. The maximum atomic E-state index is 12.0. The number of benzene rings is 1. The Labute approximate surface area is 140 Å². The fraction of sp³-hybridized carbons (Fsp3) is 0.353. The Hall–Kier alpha value is -2.21. The molecule has 0 aliphatic rings. The van der Waals surface area contributed by atoms with Crippen LogP contribution in [0.25, 0.3) is 0 Å². The standard InChI is InChI=1S/C17H21N3O2S/c1-12(2)10-18-15(21)9-8-14-11-23-17(19-14)20-16(22)13-6-4-3-5-7-13/h3-7,11-12H,8-10H2,1-2H3,(H,18,21)(H,19,20,22). The highest BCUT2D eigenvalue weighted by atomic mass is 32.1. The van der Waals surface area contributed by atoms with Crippen molar-refractivity contribution in [3.8, 4) is 0 Å². The molecule has 0 fully saturated rings. The number of nitrogens with zero attached hydrogens (tertiary/aromatic N) is 1. The fourth-order valence-corrected chi connectivity index (χ4v) is 2.63. The SMILES string of the molecule is CC(C)CNC(=O)CCc1csc(NC(=O)c2ccccc2)n1. The molecule has 0 aliphatic heterocycles. The van der Waals surface area contributed by atoms with Gasteiger partial charge in [-0.3, -0.25) is 14.9 Å². The fourth-order valence-electron chi connectivity index (χ4n) is 1.89. The molecule has 5 nitrogen and oxygen atoms in total. The van der Waals surface area contributed by atoms with Crippen molar-refractivity contribution in [2.75, 3.05) is 11.9 Å². The summed E-state index contributed by atoms with van der Waals surface area (Å²) in [5, 5.41) is 8.08. The van der Waals surface area contributed by atoms with Crippen molar-refractivity contribution in [1.29, 1.82) is 0 Å². The molecule has 2 amide bonds. The number of nitrogens with one attached hydrogen (secondary N) is 2. The van der Waals surface area contributed by atoms with Crippen LogP contribution in [0.3, 0.4) is 0 Å². The van der Waals surface area contributed by atoms with Crippen molar-refractivity contribution in [3.05, 3.63) is 47.0 Å². The maximum Gasteiger partial charge on any atom is 0.257 e. The van der Waals surface area contributed by atoms with Gasteiger partial charge in [0.15, 0.2) is 5.13 Å². The van der Waals surface area contributed by atoms with Gasteiger partial charge in [-0.15, -0.1) is 11.3 Å². The Morgan fingerprint density at radius 2 is 1.96 bits per heavy atom. The average molecular weight is 331 g/mol. The van der Waals surface area contributed by atoms with Gasteiger partial charge in [-0.1, -0.05) is 32.0 Å². The van der Waals surface area contributed by atoms with Crippen LogP contribution in [0.1, 0.15) is 36.3 Å². The molecule has 122 valence electrons. The summed E-state index contributed by atoms with van der Waals surface area (Å²) < 4.78 is 0. The normalized spacial score (nSPS) is 10.6. The van der Waals surface area contributed by atoms with E-state index < -0.39 is 0 Å². The highest BCUT2D eigenvalue weighted by Gasteiger charge is 2.10. The van der Waals surface area contributed by atoms with Crippen LogP contribution in [0.15, 0.2) is 35.7 Å². The molecule has 1 aromatic carbocycles. The minimum absolute atomic E-state index is 0.0292. The third kappa shape index (κ3) is 5.83.